The van der Waals surface area contributed by atoms with Gasteiger partial charge in [-0.2, -0.15) is 0 Å². The zero-order valence-electron chi connectivity index (χ0n) is 24.1. The molecule has 1 aliphatic rings. The molecular weight excluding hydrogens is 597 g/mol. The molecule has 0 aliphatic carbocycles. The van der Waals surface area contributed by atoms with Crippen LogP contribution in [0.15, 0.2) is 91.1 Å². The van der Waals surface area contributed by atoms with Crippen molar-refractivity contribution >= 4 is 45.1 Å². The number of halogens is 3. The predicted molar refractivity (Wildman–Crippen MR) is 172 cm³/mol. The number of nitrogens with one attached hydrogen (secondary N) is 1. The van der Waals surface area contributed by atoms with Crippen LogP contribution in [-0.2, 0) is 11.3 Å². The Morgan fingerprint density at radius 2 is 1.64 bits per heavy atom. The van der Waals surface area contributed by atoms with E-state index < -0.39 is 5.92 Å². The molecule has 5 aromatic rings. The van der Waals surface area contributed by atoms with Gasteiger partial charge < -0.3 is 16.0 Å². The van der Waals surface area contributed by atoms with Crippen molar-refractivity contribution in [2.75, 3.05) is 18.8 Å². The van der Waals surface area contributed by atoms with E-state index in [1.165, 1.54) is 23.1 Å². The largest absolute Gasteiger partial charge is 0.384 e. The Balaban J connectivity index is 1.24. The molecule has 0 atom stereocenters. The maximum atomic E-state index is 13.8. The van der Waals surface area contributed by atoms with E-state index in [4.69, 9.17) is 5.73 Å². The van der Waals surface area contributed by atoms with Gasteiger partial charge in [0.2, 0.25) is 5.91 Å². The molecule has 3 N–H and O–H groups in total. The molecule has 6 nitrogen and oxygen atoms in total. The van der Waals surface area contributed by atoms with E-state index in [2.05, 4.69) is 10.3 Å². The molecule has 2 aromatic heterocycles. The molecule has 0 saturated carbocycles. The van der Waals surface area contributed by atoms with Crippen molar-refractivity contribution in [2.45, 2.75) is 25.3 Å². The van der Waals surface area contributed by atoms with Crippen molar-refractivity contribution in [3.8, 4) is 22.3 Å². The molecule has 0 unspecified atom stereocenters. The van der Waals surface area contributed by atoms with Crippen LogP contribution in [0.5, 0.6) is 0 Å². The lowest BCUT2D eigenvalue weighted by molar-refractivity contribution is -0.116. The molecule has 1 saturated heterocycles. The van der Waals surface area contributed by atoms with Crippen molar-refractivity contribution in [1.29, 1.82) is 0 Å². The van der Waals surface area contributed by atoms with Gasteiger partial charge in [0, 0.05) is 58.9 Å². The fourth-order valence-electron chi connectivity index (χ4n) is 5.25. The van der Waals surface area contributed by atoms with Crippen LogP contribution in [0.1, 0.15) is 33.6 Å². The molecule has 1 fully saturated rings. The Kier molecular flexibility index (Phi) is 8.40. The van der Waals surface area contributed by atoms with E-state index in [0.717, 1.165) is 42.8 Å². The number of pyridine rings is 1. The highest BCUT2D eigenvalue weighted by Gasteiger charge is 2.35. The molecule has 45 heavy (non-hydrogen) atoms. The molecule has 2 amide bonds. The highest BCUT2D eigenvalue weighted by molar-refractivity contribution is 7.19. The maximum absolute atomic E-state index is 13.8. The first-order valence-electron chi connectivity index (χ1n) is 14.4. The fraction of sp³-hybridized carbons (Fsp3) is 0.171. The average molecular weight is 627 g/mol. The van der Waals surface area contributed by atoms with Gasteiger partial charge in [0.05, 0.1) is 6.54 Å². The molecule has 0 bridgehead atoms. The average Bonchev–Trinajstić information content (AvgIpc) is 3.46. The van der Waals surface area contributed by atoms with Gasteiger partial charge >= 0.3 is 0 Å². The number of thiophene rings is 1. The zero-order valence-corrected chi connectivity index (χ0v) is 24.9. The summed E-state index contributed by atoms with van der Waals surface area (Å²) < 4.78 is 41.9. The minimum absolute atomic E-state index is 0.0303. The zero-order chi connectivity index (χ0) is 31.6. The van der Waals surface area contributed by atoms with E-state index in [0.29, 0.717) is 17.9 Å². The number of nitrogens with zero attached hydrogens (tertiary/aromatic N) is 2. The van der Waals surface area contributed by atoms with E-state index in [1.807, 2.05) is 30.3 Å². The van der Waals surface area contributed by atoms with E-state index in [1.54, 1.807) is 60.0 Å². The summed E-state index contributed by atoms with van der Waals surface area (Å²) in [5.74, 6) is -3.16. The van der Waals surface area contributed by atoms with Gasteiger partial charge in [0.25, 0.3) is 11.8 Å². The number of anilines is 1. The van der Waals surface area contributed by atoms with Crippen molar-refractivity contribution in [1.82, 2.24) is 15.2 Å². The standard InChI is InChI=1S/C35H29F3N4O2S/c36-28-9-7-24(8-10-28)30-19-26(23-3-5-25(6-4-23)34(44)42-15-13-35(37,38)14-16-42)17-27-18-29(45-33(27)30)21-41-32(43)12-2-22-1-11-31(39)40-20-22/h1-12,17-20H,13-16,21H2,(H2,39,40)(H,41,43)/b12-2+. The first-order valence-corrected chi connectivity index (χ1v) is 15.2. The second-order valence-electron chi connectivity index (χ2n) is 11.0. The van der Waals surface area contributed by atoms with E-state index in [9.17, 15) is 22.8 Å². The Labute approximate surface area is 262 Å². The number of hydrogen-bond donors (Lipinski definition) is 2. The van der Waals surface area contributed by atoms with Crippen LogP contribution in [-0.4, -0.2) is 40.7 Å². The third-order valence-corrected chi connectivity index (χ3v) is 8.93. The molecular formula is C35H29F3N4O2S. The summed E-state index contributed by atoms with van der Waals surface area (Å²) in [6.07, 6.45) is 4.04. The number of amides is 2. The van der Waals surface area contributed by atoms with Gasteiger partial charge in [-0.05, 0) is 88.3 Å². The van der Waals surface area contributed by atoms with Crippen LogP contribution in [0.3, 0.4) is 0 Å². The van der Waals surface area contributed by atoms with Crippen molar-refractivity contribution < 1.29 is 22.8 Å². The lowest BCUT2D eigenvalue weighted by Crippen LogP contribution is -2.42. The van der Waals surface area contributed by atoms with Gasteiger partial charge in [-0.25, -0.2) is 18.2 Å². The number of hydrogen-bond acceptors (Lipinski definition) is 5. The summed E-state index contributed by atoms with van der Waals surface area (Å²) in [7, 11) is 0. The Morgan fingerprint density at radius 3 is 2.33 bits per heavy atom. The van der Waals surface area contributed by atoms with Crippen LogP contribution in [0.25, 0.3) is 38.4 Å². The number of aromatic nitrogens is 1. The first kappa shape index (κ1) is 30.1. The topological polar surface area (TPSA) is 88.3 Å². The summed E-state index contributed by atoms with van der Waals surface area (Å²) in [5, 5.41) is 3.87. The smallest absolute Gasteiger partial charge is 0.253 e. The second kappa shape index (κ2) is 12.6. The van der Waals surface area contributed by atoms with Crippen LogP contribution in [0, 0.1) is 5.82 Å². The van der Waals surface area contributed by atoms with Gasteiger partial charge in [0.1, 0.15) is 11.6 Å². The molecule has 3 aromatic carbocycles. The van der Waals surface area contributed by atoms with Crippen LogP contribution in [0.4, 0.5) is 19.0 Å². The van der Waals surface area contributed by atoms with Gasteiger partial charge in [-0.3, -0.25) is 9.59 Å². The lowest BCUT2D eigenvalue weighted by Gasteiger charge is -2.31. The number of nitrogen functional groups attached to an aromatic ring is 1. The van der Waals surface area contributed by atoms with E-state index in [-0.39, 0.29) is 43.6 Å². The SMILES string of the molecule is Nc1ccc(/C=C/C(=O)NCc2cc3cc(-c4ccc(C(=O)N5CCC(F)(F)CC5)cc4)cc(-c4ccc(F)cc4)c3s2)cn1. The Bertz CT molecular complexity index is 1880. The quantitative estimate of drug-likeness (QED) is 0.183. The number of rotatable bonds is 7. The number of nitrogens with two attached hydrogens (primary N) is 1. The Morgan fingerprint density at radius 1 is 0.933 bits per heavy atom. The van der Waals surface area contributed by atoms with Gasteiger partial charge in [-0.1, -0.05) is 24.3 Å². The third kappa shape index (κ3) is 7.07. The summed E-state index contributed by atoms with van der Waals surface area (Å²) >= 11 is 1.55. The second-order valence-corrected chi connectivity index (χ2v) is 12.1. The molecule has 6 rings (SSSR count). The number of fused-ring (bicyclic) bond motifs is 1. The molecule has 3 heterocycles. The minimum atomic E-state index is -2.72. The number of piperidine rings is 1. The summed E-state index contributed by atoms with van der Waals surface area (Å²) in [4.78, 5) is 31.9. The lowest BCUT2D eigenvalue weighted by atomic mass is 9.96. The molecule has 0 spiro atoms. The van der Waals surface area contributed by atoms with Gasteiger partial charge in [0.15, 0.2) is 0 Å². The number of carbonyl (C=O) groups excluding carboxylic acids is 2. The summed E-state index contributed by atoms with van der Waals surface area (Å²) in [5.41, 5.74) is 10.3. The van der Waals surface area contributed by atoms with Crippen molar-refractivity contribution in [3.05, 3.63) is 113 Å². The van der Waals surface area contributed by atoms with Crippen molar-refractivity contribution in [3.63, 3.8) is 0 Å². The highest BCUT2D eigenvalue weighted by atomic mass is 32.1. The fourth-order valence-corrected chi connectivity index (χ4v) is 6.36. The minimum Gasteiger partial charge on any atom is -0.384 e. The molecule has 0 radical (unpaired) electrons. The monoisotopic (exact) mass is 626 g/mol. The summed E-state index contributed by atoms with van der Waals surface area (Å²) in [6.45, 7) is 0.380. The molecule has 228 valence electrons. The van der Waals surface area contributed by atoms with Gasteiger partial charge in [-0.15, -0.1) is 11.3 Å². The van der Waals surface area contributed by atoms with Crippen LogP contribution in [0.2, 0.25) is 0 Å². The number of likely N-dealkylation sites (tertiary alicyclic amines) is 1. The Hall–Kier alpha value is -4.96. The molecule has 1 aliphatic heterocycles. The maximum Gasteiger partial charge on any atom is 0.253 e. The molecule has 10 heteroatoms. The first-order chi connectivity index (χ1) is 21.6. The van der Waals surface area contributed by atoms with Crippen molar-refractivity contribution in [2.24, 2.45) is 0 Å². The predicted octanol–water partition coefficient (Wildman–Crippen LogP) is 7.55. The third-order valence-electron chi connectivity index (χ3n) is 7.74. The summed E-state index contributed by atoms with van der Waals surface area (Å²) in [6, 6.07) is 23.0. The van der Waals surface area contributed by atoms with E-state index >= 15 is 0 Å². The number of benzene rings is 3. The number of alkyl halides is 2. The van der Waals surface area contributed by atoms with Crippen LogP contribution >= 0.6 is 11.3 Å². The van der Waals surface area contributed by atoms with Crippen LogP contribution < -0.4 is 11.1 Å². The number of carbonyl (C=O) groups is 2. The highest BCUT2D eigenvalue weighted by Crippen LogP contribution is 2.39. The normalized spacial score (nSPS) is 14.6.